The Morgan fingerprint density at radius 3 is 2.48 bits per heavy atom. The number of hydrogen-bond acceptors (Lipinski definition) is 2. The summed E-state index contributed by atoms with van der Waals surface area (Å²) in [6, 6.07) is 10.7. The van der Waals surface area contributed by atoms with Gasteiger partial charge in [0, 0.05) is 23.4 Å². The molecule has 0 fully saturated rings. The van der Waals surface area contributed by atoms with E-state index in [1.807, 2.05) is 6.92 Å². The number of carbonyl (C=O) groups is 2. The molecule has 0 bridgehead atoms. The van der Waals surface area contributed by atoms with Gasteiger partial charge < -0.3 is 4.90 Å². The van der Waals surface area contributed by atoms with Gasteiger partial charge in [-0.05, 0) is 55.0 Å². The zero-order valence-corrected chi connectivity index (χ0v) is 11.6. The first-order chi connectivity index (χ1) is 10.1. The molecule has 0 spiro atoms. The summed E-state index contributed by atoms with van der Waals surface area (Å²) in [5.74, 6) is -0.483. The van der Waals surface area contributed by atoms with Crippen LogP contribution in [0.2, 0.25) is 0 Å². The van der Waals surface area contributed by atoms with Crippen molar-refractivity contribution in [2.45, 2.75) is 13.3 Å². The molecule has 1 amide bonds. The number of fused-ring (bicyclic) bond motifs is 1. The summed E-state index contributed by atoms with van der Waals surface area (Å²) in [6.07, 6.45) is 0.327. The first kappa shape index (κ1) is 13.5. The lowest BCUT2D eigenvalue weighted by molar-refractivity contribution is -0.117. The van der Waals surface area contributed by atoms with Crippen molar-refractivity contribution in [1.29, 1.82) is 0 Å². The third kappa shape index (κ3) is 2.33. The molecule has 0 N–H and O–H groups in total. The lowest BCUT2D eigenvalue weighted by Gasteiger charge is -2.14. The molecular weight excluding hydrogens is 269 g/mol. The Labute approximate surface area is 122 Å². The van der Waals surface area contributed by atoms with E-state index >= 15 is 0 Å². The molecule has 3 nitrogen and oxygen atoms in total. The van der Waals surface area contributed by atoms with E-state index in [9.17, 15) is 14.0 Å². The zero-order chi connectivity index (χ0) is 15.0. The van der Waals surface area contributed by atoms with Crippen LogP contribution in [0.5, 0.6) is 0 Å². The Morgan fingerprint density at radius 1 is 1.14 bits per heavy atom. The van der Waals surface area contributed by atoms with Crippen LogP contribution < -0.4 is 4.90 Å². The highest BCUT2D eigenvalue weighted by Crippen LogP contribution is 2.30. The van der Waals surface area contributed by atoms with Gasteiger partial charge in [0.1, 0.15) is 5.82 Å². The van der Waals surface area contributed by atoms with Crippen LogP contribution >= 0.6 is 0 Å². The van der Waals surface area contributed by atoms with Crippen molar-refractivity contribution in [1.82, 2.24) is 0 Å². The molecule has 2 aromatic carbocycles. The standard InChI is InChI=1S/C17H14FNO2/c1-2-19-15-8-5-12(9-13(15)10-16(19)20)17(21)11-3-6-14(18)7-4-11/h3-9H,2,10H2,1H3. The van der Waals surface area contributed by atoms with Crippen LogP contribution in [0, 0.1) is 5.82 Å². The van der Waals surface area contributed by atoms with Gasteiger partial charge >= 0.3 is 0 Å². The molecular formula is C17H14FNO2. The predicted octanol–water partition coefficient (Wildman–Crippen LogP) is 2.97. The maximum absolute atomic E-state index is 12.9. The normalized spacial score (nSPS) is 13.4. The molecule has 4 heteroatoms. The van der Waals surface area contributed by atoms with Gasteiger partial charge in [0.05, 0.1) is 6.42 Å². The van der Waals surface area contributed by atoms with E-state index in [4.69, 9.17) is 0 Å². The Morgan fingerprint density at radius 2 is 1.81 bits per heavy atom. The first-order valence-electron chi connectivity index (χ1n) is 6.83. The Hall–Kier alpha value is -2.49. The summed E-state index contributed by atoms with van der Waals surface area (Å²) in [5.41, 5.74) is 2.70. The van der Waals surface area contributed by atoms with Crippen LogP contribution in [0.15, 0.2) is 42.5 Å². The first-order valence-corrected chi connectivity index (χ1v) is 6.83. The van der Waals surface area contributed by atoms with E-state index in [1.165, 1.54) is 24.3 Å². The van der Waals surface area contributed by atoms with E-state index in [1.54, 1.807) is 23.1 Å². The lowest BCUT2D eigenvalue weighted by atomic mass is 10.0. The largest absolute Gasteiger partial charge is 0.312 e. The monoisotopic (exact) mass is 283 g/mol. The Bertz CT molecular complexity index is 722. The summed E-state index contributed by atoms with van der Waals surface area (Å²) in [6.45, 7) is 2.54. The molecule has 0 unspecified atom stereocenters. The van der Waals surface area contributed by atoms with Crippen LogP contribution in [-0.2, 0) is 11.2 Å². The molecule has 0 aliphatic carbocycles. The van der Waals surface area contributed by atoms with Gasteiger partial charge in [0.25, 0.3) is 0 Å². The molecule has 1 heterocycles. The Kier molecular flexibility index (Phi) is 3.29. The summed E-state index contributed by atoms with van der Waals surface area (Å²) in [5, 5.41) is 0. The lowest BCUT2D eigenvalue weighted by Crippen LogP contribution is -2.25. The smallest absolute Gasteiger partial charge is 0.231 e. The highest BCUT2D eigenvalue weighted by Gasteiger charge is 2.26. The van der Waals surface area contributed by atoms with E-state index in [2.05, 4.69) is 0 Å². The number of halogens is 1. The average Bonchev–Trinajstić information content (AvgIpc) is 2.81. The van der Waals surface area contributed by atoms with E-state index in [0.717, 1.165) is 11.3 Å². The highest BCUT2D eigenvalue weighted by molar-refractivity contribution is 6.10. The Balaban J connectivity index is 1.95. The molecule has 2 aromatic rings. The number of rotatable bonds is 3. The molecule has 0 atom stereocenters. The summed E-state index contributed by atoms with van der Waals surface area (Å²) >= 11 is 0. The predicted molar refractivity (Wildman–Crippen MR) is 78.0 cm³/mol. The van der Waals surface area contributed by atoms with Crippen molar-refractivity contribution in [3.05, 3.63) is 65.0 Å². The van der Waals surface area contributed by atoms with Crippen molar-refractivity contribution in [3.8, 4) is 0 Å². The third-order valence-electron chi connectivity index (χ3n) is 3.70. The molecule has 106 valence electrons. The number of nitrogens with zero attached hydrogens (tertiary/aromatic N) is 1. The van der Waals surface area contributed by atoms with Gasteiger partial charge in [0.15, 0.2) is 5.78 Å². The van der Waals surface area contributed by atoms with Gasteiger partial charge in [-0.15, -0.1) is 0 Å². The minimum absolute atomic E-state index is 0.0545. The number of likely N-dealkylation sites (N-methyl/N-ethyl adjacent to an activating group) is 1. The van der Waals surface area contributed by atoms with Gasteiger partial charge in [-0.3, -0.25) is 9.59 Å². The van der Waals surface area contributed by atoms with E-state index in [0.29, 0.717) is 24.1 Å². The maximum Gasteiger partial charge on any atom is 0.231 e. The summed E-state index contributed by atoms with van der Waals surface area (Å²) < 4.78 is 12.9. The third-order valence-corrected chi connectivity index (χ3v) is 3.70. The number of anilines is 1. The van der Waals surface area contributed by atoms with Gasteiger partial charge in [-0.25, -0.2) is 4.39 Å². The molecule has 0 aromatic heterocycles. The fraction of sp³-hybridized carbons (Fsp3) is 0.176. The molecule has 21 heavy (non-hydrogen) atoms. The number of hydrogen-bond donors (Lipinski definition) is 0. The second-order valence-electron chi connectivity index (χ2n) is 4.99. The molecule has 0 saturated heterocycles. The molecule has 3 rings (SSSR count). The SMILES string of the molecule is CCN1C(=O)Cc2cc(C(=O)c3ccc(F)cc3)ccc21. The number of ketones is 1. The van der Waals surface area contributed by atoms with Crippen molar-refractivity contribution in [3.63, 3.8) is 0 Å². The van der Waals surface area contributed by atoms with Crippen molar-refractivity contribution >= 4 is 17.4 Å². The van der Waals surface area contributed by atoms with Crippen LogP contribution in [0.4, 0.5) is 10.1 Å². The summed E-state index contributed by atoms with van der Waals surface area (Å²) in [7, 11) is 0. The van der Waals surface area contributed by atoms with Gasteiger partial charge in [-0.2, -0.15) is 0 Å². The van der Waals surface area contributed by atoms with E-state index < -0.39 is 0 Å². The highest BCUT2D eigenvalue weighted by atomic mass is 19.1. The van der Waals surface area contributed by atoms with Crippen molar-refractivity contribution < 1.29 is 14.0 Å². The second kappa shape index (κ2) is 5.13. The molecule has 0 saturated carbocycles. The van der Waals surface area contributed by atoms with Gasteiger partial charge in [-0.1, -0.05) is 0 Å². The fourth-order valence-corrected chi connectivity index (χ4v) is 2.64. The van der Waals surface area contributed by atoms with E-state index in [-0.39, 0.29) is 17.5 Å². The van der Waals surface area contributed by atoms with Crippen LogP contribution in [0.25, 0.3) is 0 Å². The quantitative estimate of drug-likeness (QED) is 0.812. The second-order valence-corrected chi connectivity index (χ2v) is 4.99. The number of carbonyl (C=O) groups excluding carboxylic acids is 2. The average molecular weight is 283 g/mol. The zero-order valence-electron chi connectivity index (χ0n) is 11.6. The minimum Gasteiger partial charge on any atom is -0.312 e. The number of benzene rings is 2. The van der Waals surface area contributed by atoms with Crippen LogP contribution in [0.1, 0.15) is 28.4 Å². The summed E-state index contributed by atoms with van der Waals surface area (Å²) in [4.78, 5) is 25.9. The topological polar surface area (TPSA) is 37.4 Å². The van der Waals surface area contributed by atoms with Crippen LogP contribution in [0.3, 0.4) is 0 Å². The maximum atomic E-state index is 12.9. The molecule has 1 aliphatic heterocycles. The number of amides is 1. The van der Waals surface area contributed by atoms with Crippen molar-refractivity contribution in [2.24, 2.45) is 0 Å². The van der Waals surface area contributed by atoms with Crippen LogP contribution in [-0.4, -0.2) is 18.2 Å². The van der Waals surface area contributed by atoms with Gasteiger partial charge in [0.2, 0.25) is 5.91 Å². The van der Waals surface area contributed by atoms with Crippen molar-refractivity contribution in [2.75, 3.05) is 11.4 Å². The molecule has 1 aliphatic rings. The fourth-order valence-electron chi connectivity index (χ4n) is 2.64. The molecule has 0 radical (unpaired) electrons. The minimum atomic E-state index is -0.371.